The summed E-state index contributed by atoms with van der Waals surface area (Å²) < 4.78 is 48.8. The molecule has 0 spiro atoms. The maximum absolute atomic E-state index is 15.2. The normalized spacial score (nSPS) is 27.7. The summed E-state index contributed by atoms with van der Waals surface area (Å²) in [7, 11) is -4.11. The molecule has 0 saturated heterocycles. The van der Waals surface area contributed by atoms with E-state index >= 15 is 4.39 Å². The van der Waals surface area contributed by atoms with E-state index in [1.54, 1.807) is 0 Å². The highest BCUT2D eigenvalue weighted by molar-refractivity contribution is 8.26. The summed E-state index contributed by atoms with van der Waals surface area (Å²) in [5.74, 6) is -1.32. The van der Waals surface area contributed by atoms with Gasteiger partial charge in [0.05, 0.1) is 0 Å². The van der Waals surface area contributed by atoms with E-state index in [9.17, 15) is 18.3 Å². The molecular weight excluding hydrogens is 372 g/mol. The summed E-state index contributed by atoms with van der Waals surface area (Å²) in [6.07, 6.45) is -1.54. The van der Waals surface area contributed by atoms with Gasteiger partial charge in [-0.1, -0.05) is 0 Å². The highest BCUT2D eigenvalue weighted by atomic mass is 32.3. The highest BCUT2D eigenvalue weighted by Crippen LogP contribution is 2.65. The molecule has 2 atom stereocenters. The maximum atomic E-state index is 15.2. The molecule has 0 aromatic heterocycles. The van der Waals surface area contributed by atoms with Crippen LogP contribution in [-0.2, 0) is 5.54 Å². The number of nitrogens with one attached hydrogen (secondary N) is 2. The third-order valence-corrected chi connectivity index (χ3v) is 7.01. The average Bonchev–Trinajstić information content (AvgIpc) is 2.53. The van der Waals surface area contributed by atoms with Gasteiger partial charge in [-0.05, 0) is 39.0 Å². The smallest absolute Gasteiger partial charge is 0.410 e. The third-order valence-electron chi connectivity index (χ3n) is 4.28. The quantitative estimate of drug-likeness (QED) is 0.386. The van der Waals surface area contributed by atoms with Crippen LogP contribution in [0.4, 0.5) is 19.3 Å². The molecule has 5 N–H and O–H groups in total. The number of hydrogen-bond donors (Lipinski definition) is 5. The molecule has 1 heterocycles. The van der Waals surface area contributed by atoms with Crippen LogP contribution in [0.25, 0.3) is 0 Å². The Morgan fingerprint density at radius 2 is 2.04 bits per heavy atom. The molecule has 2 rings (SSSR count). The first-order valence-electron chi connectivity index (χ1n) is 7.26. The van der Waals surface area contributed by atoms with Crippen molar-refractivity contribution < 1.29 is 27.8 Å². The zero-order chi connectivity index (χ0) is 19.9. The van der Waals surface area contributed by atoms with Crippen LogP contribution in [0.15, 0.2) is 28.3 Å². The first-order chi connectivity index (χ1) is 11.9. The minimum absolute atomic E-state index is 0.0223. The molecule has 12 heteroatoms. The molecule has 1 aromatic carbocycles. The van der Waals surface area contributed by atoms with Crippen LogP contribution in [-0.4, -0.2) is 36.4 Å². The van der Waals surface area contributed by atoms with Gasteiger partial charge in [0, 0.05) is 5.56 Å². The average molecular weight is 390 g/mol. The Morgan fingerprint density at radius 3 is 2.58 bits per heavy atom. The van der Waals surface area contributed by atoms with Gasteiger partial charge in [0.1, 0.15) is 27.5 Å². The Morgan fingerprint density at radius 1 is 1.42 bits per heavy atom. The second kappa shape index (κ2) is 6.40. The fourth-order valence-corrected chi connectivity index (χ4v) is 4.34. The van der Waals surface area contributed by atoms with E-state index in [-0.39, 0.29) is 11.3 Å². The molecule has 0 aliphatic carbocycles. The van der Waals surface area contributed by atoms with Crippen molar-refractivity contribution in [1.29, 1.82) is 5.53 Å². The molecule has 9 nitrogen and oxygen atoms in total. The molecule has 1 amide bonds. The predicted octanol–water partition coefficient (Wildman–Crippen LogP) is 3.73. The molecule has 0 fully saturated rings. The van der Waals surface area contributed by atoms with Crippen molar-refractivity contribution in [2.45, 2.75) is 36.6 Å². The Hall–Kier alpha value is -2.40. The van der Waals surface area contributed by atoms with Gasteiger partial charge in [-0.2, -0.15) is 10.6 Å². The van der Waals surface area contributed by atoms with Gasteiger partial charge >= 0.3 is 6.09 Å². The predicted molar refractivity (Wildman–Crippen MR) is 91.1 cm³/mol. The summed E-state index contributed by atoms with van der Waals surface area (Å²) in [6, 6.07) is 3.21. The SMILES string of the molecule is CC1(C)C(NC(=O)O)=N[C@](C)(c2cc(N=[N+]=N)ccc2F)[C@@H](F)S1(O)O. The number of aliphatic imine (C=N–C) groups is 1. The lowest BCUT2D eigenvalue weighted by molar-refractivity contribution is 0.198. The van der Waals surface area contributed by atoms with Gasteiger partial charge in [0.2, 0.25) is 10.4 Å². The van der Waals surface area contributed by atoms with Gasteiger partial charge in [-0.25, -0.2) is 13.6 Å². The number of carboxylic acid groups (broad SMARTS) is 1. The summed E-state index contributed by atoms with van der Waals surface area (Å²) in [5.41, 5.74) is 1.80. The summed E-state index contributed by atoms with van der Waals surface area (Å²) in [6.45, 7) is 3.57. The molecule has 0 radical (unpaired) electrons. The highest BCUT2D eigenvalue weighted by Gasteiger charge is 2.58. The minimum atomic E-state index is -4.11. The molecular formula is C14H18F2N5O4S+. The van der Waals surface area contributed by atoms with E-state index in [0.29, 0.717) is 0 Å². The van der Waals surface area contributed by atoms with Crippen molar-refractivity contribution in [2.24, 2.45) is 10.1 Å². The van der Waals surface area contributed by atoms with Crippen LogP contribution in [0, 0.1) is 11.3 Å². The monoisotopic (exact) mass is 390 g/mol. The number of halogens is 2. The lowest BCUT2D eigenvalue weighted by atomic mass is 9.92. The Kier molecular flexibility index (Phi) is 4.90. The van der Waals surface area contributed by atoms with Crippen LogP contribution in [0.2, 0.25) is 0 Å². The first kappa shape index (κ1) is 19.9. The number of hydrogen-bond acceptors (Lipinski definition) is 6. The third kappa shape index (κ3) is 2.97. The van der Waals surface area contributed by atoms with Crippen molar-refractivity contribution in [2.75, 3.05) is 0 Å². The number of amidine groups is 1. The van der Waals surface area contributed by atoms with Crippen LogP contribution >= 0.6 is 10.6 Å². The maximum Gasteiger partial charge on any atom is 0.410 e. The zero-order valence-corrected chi connectivity index (χ0v) is 14.9. The van der Waals surface area contributed by atoms with Gasteiger partial charge in [-0.15, -0.1) is 0 Å². The minimum Gasteiger partial charge on any atom is -0.465 e. The Bertz CT molecular complexity index is 841. The lowest BCUT2D eigenvalue weighted by Gasteiger charge is -2.55. The first-order valence-corrected chi connectivity index (χ1v) is 8.87. The summed E-state index contributed by atoms with van der Waals surface area (Å²) >= 11 is 0. The molecule has 1 aromatic rings. The van der Waals surface area contributed by atoms with E-state index < -0.39 is 44.1 Å². The van der Waals surface area contributed by atoms with Crippen molar-refractivity contribution in [3.05, 3.63) is 29.6 Å². The standard InChI is InChI=1S/C14H17F2N5O4S/c1-13(2)11(18-12(22)23)19-14(3,10(16)26(13,24)25)8-6-7(20-21-17)4-5-9(8)15/h4-6,10,17H,1-3H3,(H3-,18,19,22,23,24,25)/p+1/t10-,14+/m0/s1. The van der Waals surface area contributed by atoms with Crippen LogP contribution in [0.5, 0.6) is 0 Å². The Balaban J connectivity index is 2.78. The van der Waals surface area contributed by atoms with Gasteiger partial charge in [-0.3, -0.25) is 19.4 Å². The topological polar surface area (TPSA) is 152 Å². The molecule has 0 bridgehead atoms. The molecule has 142 valence electrons. The molecule has 0 saturated carbocycles. The summed E-state index contributed by atoms with van der Waals surface area (Å²) in [4.78, 5) is 17.9. The number of amides is 1. The van der Waals surface area contributed by atoms with Crippen molar-refractivity contribution in [3.63, 3.8) is 0 Å². The van der Waals surface area contributed by atoms with E-state index in [4.69, 9.17) is 10.6 Å². The molecule has 26 heavy (non-hydrogen) atoms. The number of carbonyl (C=O) groups is 1. The number of nitrogens with zero attached hydrogens (tertiary/aromatic N) is 3. The fraction of sp³-hybridized carbons (Fsp3) is 0.429. The number of benzene rings is 1. The van der Waals surface area contributed by atoms with Gasteiger partial charge < -0.3 is 5.11 Å². The summed E-state index contributed by atoms with van der Waals surface area (Å²) in [5, 5.41) is 14.3. The van der Waals surface area contributed by atoms with Crippen molar-refractivity contribution in [3.8, 4) is 0 Å². The molecule has 1 aliphatic heterocycles. The van der Waals surface area contributed by atoms with Crippen LogP contribution in [0.1, 0.15) is 26.3 Å². The Labute approximate surface area is 148 Å². The van der Waals surface area contributed by atoms with Gasteiger partial charge in [0.15, 0.2) is 10.8 Å². The lowest BCUT2D eigenvalue weighted by Crippen LogP contribution is -2.57. The van der Waals surface area contributed by atoms with Crippen LogP contribution < -0.4 is 10.2 Å². The molecule has 0 unspecified atom stereocenters. The second-order valence-corrected chi connectivity index (χ2v) is 8.94. The second-order valence-electron chi connectivity index (χ2n) is 6.32. The van der Waals surface area contributed by atoms with E-state index in [1.807, 2.05) is 5.32 Å². The van der Waals surface area contributed by atoms with E-state index in [2.05, 4.69) is 15.0 Å². The van der Waals surface area contributed by atoms with E-state index in [1.165, 1.54) is 19.9 Å². The largest absolute Gasteiger partial charge is 0.465 e. The fourth-order valence-electron chi connectivity index (χ4n) is 2.62. The van der Waals surface area contributed by atoms with Crippen LogP contribution in [0.3, 0.4) is 0 Å². The number of alkyl halides is 1. The van der Waals surface area contributed by atoms with Crippen molar-refractivity contribution in [1.82, 2.24) is 10.2 Å². The van der Waals surface area contributed by atoms with Crippen molar-refractivity contribution >= 4 is 28.2 Å². The van der Waals surface area contributed by atoms with Gasteiger partial charge in [0.25, 0.3) is 0 Å². The molecule has 1 aliphatic rings. The zero-order valence-electron chi connectivity index (χ0n) is 14.1. The number of rotatable bonds is 2. The van der Waals surface area contributed by atoms with E-state index in [0.717, 1.165) is 19.1 Å².